The second kappa shape index (κ2) is 7.51. The maximum atomic E-state index is 11.6. The molecule has 6 heteroatoms. The van der Waals surface area contributed by atoms with Crippen molar-refractivity contribution in [3.63, 3.8) is 0 Å². The lowest BCUT2D eigenvalue weighted by Crippen LogP contribution is -2.47. The molecule has 0 aromatic rings. The molecule has 0 aromatic carbocycles. The van der Waals surface area contributed by atoms with Crippen molar-refractivity contribution >= 4 is 23.8 Å². The molecular weight excluding hydrogens is 252 g/mol. The van der Waals surface area contributed by atoms with Gasteiger partial charge in [0, 0.05) is 6.04 Å². The molecule has 0 bridgehead atoms. The molecule has 104 valence electrons. The number of carbonyl (C=O) groups is 2. The number of hydrogen-bond donors (Lipinski definition) is 3. The Morgan fingerprint density at radius 3 is 2.78 bits per heavy atom. The van der Waals surface area contributed by atoms with Gasteiger partial charge in [0.25, 0.3) is 0 Å². The maximum absolute atomic E-state index is 11.6. The topological polar surface area (TPSA) is 78.4 Å². The number of rotatable bonds is 8. The highest BCUT2D eigenvalue weighted by molar-refractivity contribution is 7.98. The molecule has 3 atom stereocenters. The normalized spacial score (nSPS) is 23.2. The Balaban J connectivity index is 2.27. The number of carboxylic acid groups (broad SMARTS) is 1. The molecule has 0 aliphatic heterocycles. The molecule has 3 unspecified atom stereocenters. The zero-order chi connectivity index (χ0) is 13.5. The van der Waals surface area contributed by atoms with Crippen LogP contribution in [0.15, 0.2) is 0 Å². The van der Waals surface area contributed by atoms with Crippen LogP contribution in [0.4, 0.5) is 4.79 Å². The van der Waals surface area contributed by atoms with E-state index in [-0.39, 0.29) is 12.1 Å². The summed E-state index contributed by atoms with van der Waals surface area (Å²) in [5, 5.41) is 14.3. The molecule has 0 spiro atoms. The lowest BCUT2D eigenvalue weighted by atomic mass is 10.2. The van der Waals surface area contributed by atoms with Gasteiger partial charge in [0.05, 0.1) is 0 Å². The standard InChI is InChI=1S/C12H22N2O3S/c1-3-4-8-7-10(8)14-12(17)13-9(11(15)16)5-6-18-2/h8-10H,3-7H2,1-2H3,(H,15,16)(H2,13,14,17). The highest BCUT2D eigenvalue weighted by atomic mass is 32.2. The van der Waals surface area contributed by atoms with Crippen LogP contribution in [0.3, 0.4) is 0 Å². The number of amides is 2. The van der Waals surface area contributed by atoms with E-state index >= 15 is 0 Å². The average molecular weight is 274 g/mol. The zero-order valence-corrected chi connectivity index (χ0v) is 11.8. The van der Waals surface area contributed by atoms with Gasteiger partial charge in [-0.3, -0.25) is 0 Å². The summed E-state index contributed by atoms with van der Waals surface area (Å²) < 4.78 is 0. The molecule has 0 saturated heterocycles. The molecule has 0 heterocycles. The molecule has 0 aromatic heterocycles. The second-order valence-corrected chi connectivity index (χ2v) is 5.67. The van der Waals surface area contributed by atoms with Crippen molar-refractivity contribution in [2.24, 2.45) is 5.92 Å². The summed E-state index contributed by atoms with van der Waals surface area (Å²) in [7, 11) is 0. The average Bonchev–Trinajstić information content (AvgIpc) is 3.02. The van der Waals surface area contributed by atoms with Gasteiger partial charge >= 0.3 is 12.0 Å². The number of hydrogen-bond acceptors (Lipinski definition) is 3. The van der Waals surface area contributed by atoms with Gasteiger partial charge in [0.1, 0.15) is 6.04 Å². The van der Waals surface area contributed by atoms with E-state index in [0.717, 1.165) is 25.0 Å². The van der Waals surface area contributed by atoms with Crippen molar-refractivity contribution in [1.29, 1.82) is 0 Å². The monoisotopic (exact) mass is 274 g/mol. The lowest BCUT2D eigenvalue weighted by molar-refractivity contribution is -0.139. The second-order valence-electron chi connectivity index (χ2n) is 4.68. The van der Waals surface area contributed by atoms with E-state index in [1.165, 1.54) is 0 Å². The van der Waals surface area contributed by atoms with Crippen LogP contribution in [0.25, 0.3) is 0 Å². The molecule has 18 heavy (non-hydrogen) atoms. The van der Waals surface area contributed by atoms with Gasteiger partial charge in [-0.05, 0) is 37.2 Å². The SMILES string of the molecule is CCCC1CC1NC(=O)NC(CCSC)C(=O)O. The molecule has 5 nitrogen and oxygen atoms in total. The van der Waals surface area contributed by atoms with Crippen molar-refractivity contribution in [2.45, 2.75) is 44.7 Å². The Hall–Kier alpha value is -0.910. The van der Waals surface area contributed by atoms with Gasteiger partial charge in [-0.1, -0.05) is 13.3 Å². The minimum Gasteiger partial charge on any atom is -0.480 e. The smallest absolute Gasteiger partial charge is 0.326 e. The van der Waals surface area contributed by atoms with E-state index in [1.54, 1.807) is 11.8 Å². The molecule has 1 saturated carbocycles. The van der Waals surface area contributed by atoms with Crippen LogP contribution < -0.4 is 10.6 Å². The fourth-order valence-electron chi connectivity index (χ4n) is 1.98. The summed E-state index contributed by atoms with van der Waals surface area (Å²) in [6.07, 6.45) is 5.63. The Morgan fingerprint density at radius 2 is 2.22 bits per heavy atom. The van der Waals surface area contributed by atoms with Gasteiger partial charge in [-0.2, -0.15) is 11.8 Å². The molecular formula is C12H22N2O3S. The highest BCUT2D eigenvalue weighted by Gasteiger charge is 2.37. The molecule has 1 rings (SSSR count). The lowest BCUT2D eigenvalue weighted by Gasteiger charge is -2.14. The number of thioether (sulfide) groups is 1. The number of nitrogens with one attached hydrogen (secondary N) is 2. The number of urea groups is 1. The van der Waals surface area contributed by atoms with Gasteiger partial charge in [-0.15, -0.1) is 0 Å². The summed E-state index contributed by atoms with van der Waals surface area (Å²) in [6, 6.07) is -0.909. The first-order valence-electron chi connectivity index (χ1n) is 6.37. The van der Waals surface area contributed by atoms with Crippen LogP contribution in [-0.2, 0) is 4.79 Å². The van der Waals surface area contributed by atoms with E-state index in [4.69, 9.17) is 5.11 Å². The van der Waals surface area contributed by atoms with Crippen molar-refractivity contribution in [3.05, 3.63) is 0 Å². The fourth-order valence-corrected chi connectivity index (χ4v) is 2.45. The van der Waals surface area contributed by atoms with Crippen LogP contribution in [0.5, 0.6) is 0 Å². The largest absolute Gasteiger partial charge is 0.480 e. The van der Waals surface area contributed by atoms with Gasteiger partial charge < -0.3 is 15.7 Å². The first-order chi connectivity index (χ1) is 8.58. The third kappa shape index (κ3) is 5.16. The van der Waals surface area contributed by atoms with Crippen molar-refractivity contribution in [3.8, 4) is 0 Å². The zero-order valence-electron chi connectivity index (χ0n) is 10.9. The number of carboxylic acids is 1. The Kier molecular flexibility index (Phi) is 6.32. The summed E-state index contributed by atoms with van der Waals surface area (Å²) in [4.78, 5) is 22.6. The maximum Gasteiger partial charge on any atom is 0.326 e. The van der Waals surface area contributed by atoms with Gasteiger partial charge in [-0.25, -0.2) is 9.59 Å². The number of carbonyl (C=O) groups excluding carboxylic acids is 1. The van der Waals surface area contributed by atoms with E-state index in [2.05, 4.69) is 17.6 Å². The van der Waals surface area contributed by atoms with E-state index in [1.807, 2.05) is 6.26 Å². The molecule has 3 N–H and O–H groups in total. The Morgan fingerprint density at radius 1 is 1.50 bits per heavy atom. The minimum absolute atomic E-state index is 0.236. The van der Waals surface area contributed by atoms with E-state index in [9.17, 15) is 9.59 Å². The molecule has 1 aliphatic rings. The Labute approximate surface area is 112 Å². The van der Waals surface area contributed by atoms with Gasteiger partial charge in [0.2, 0.25) is 0 Å². The Bertz CT molecular complexity index is 299. The third-order valence-electron chi connectivity index (χ3n) is 3.11. The molecule has 0 radical (unpaired) electrons. The fraction of sp³-hybridized carbons (Fsp3) is 0.833. The molecule has 1 aliphatic carbocycles. The summed E-state index contributed by atoms with van der Waals surface area (Å²) in [5.74, 6) is 0.328. The van der Waals surface area contributed by atoms with Crippen molar-refractivity contribution < 1.29 is 14.7 Å². The van der Waals surface area contributed by atoms with Gasteiger partial charge in [0.15, 0.2) is 0 Å². The number of aliphatic carboxylic acids is 1. The van der Waals surface area contributed by atoms with Crippen LogP contribution in [0, 0.1) is 5.92 Å². The van der Waals surface area contributed by atoms with Crippen molar-refractivity contribution in [2.75, 3.05) is 12.0 Å². The first kappa shape index (κ1) is 15.1. The molecule has 2 amide bonds. The van der Waals surface area contributed by atoms with Crippen molar-refractivity contribution in [1.82, 2.24) is 10.6 Å². The third-order valence-corrected chi connectivity index (χ3v) is 3.76. The summed E-state index contributed by atoms with van der Waals surface area (Å²) >= 11 is 1.57. The summed E-state index contributed by atoms with van der Waals surface area (Å²) in [6.45, 7) is 2.12. The first-order valence-corrected chi connectivity index (χ1v) is 7.76. The highest BCUT2D eigenvalue weighted by Crippen LogP contribution is 2.34. The predicted octanol–water partition coefficient (Wildman–Crippen LogP) is 1.68. The van der Waals surface area contributed by atoms with E-state index in [0.29, 0.717) is 12.3 Å². The quantitative estimate of drug-likeness (QED) is 0.629. The summed E-state index contributed by atoms with van der Waals surface area (Å²) in [5.41, 5.74) is 0. The van der Waals surface area contributed by atoms with Crippen LogP contribution in [0.1, 0.15) is 32.6 Å². The van der Waals surface area contributed by atoms with Crippen LogP contribution >= 0.6 is 11.8 Å². The van der Waals surface area contributed by atoms with E-state index < -0.39 is 12.0 Å². The minimum atomic E-state index is -0.972. The van der Waals surface area contributed by atoms with Crippen LogP contribution in [0.2, 0.25) is 0 Å². The van der Waals surface area contributed by atoms with Crippen LogP contribution in [-0.4, -0.2) is 41.2 Å². The molecule has 1 fully saturated rings. The predicted molar refractivity (Wildman–Crippen MR) is 72.9 cm³/mol.